The van der Waals surface area contributed by atoms with E-state index in [2.05, 4.69) is 13.8 Å². The number of benzene rings is 1. The van der Waals surface area contributed by atoms with Gasteiger partial charge < -0.3 is 20.9 Å². The fourth-order valence-corrected chi connectivity index (χ4v) is 2.18. The fraction of sp³-hybridized carbons (Fsp3) is 0.600. The Labute approximate surface area is 116 Å². The molecule has 0 aliphatic carbocycles. The van der Waals surface area contributed by atoms with Gasteiger partial charge >= 0.3 is 0 Å². The van der Waals surface area contributed by atoms with E-state index in [0.717, 1.165) is 23.3 Å². The van der Waals surface area contributed by atoms with E-state index in [-0.39, 0.29) is 11.5 Å². The molecule has 0 amide bonds. The average Bonchev–Trinajstić information content (AvgIpc) is 2.37. The fourth-order valence-electron chi connectivity index (χ4n) is 2.18. The number of rotatable bonds is 6. The van der Waals surface area contributed by atoms with Gasteiger partial charge in [0, 0.05) is 6.04 Å². The summed E-state index contributed by atoms with van der Waals surface area (Å²) >= 11 is 0. The monoisotopic (exact) mass is 266 g/mol. The highest BCUT2D eigenvalue weighted by molar-refractivity contribution is 5.48. The lowest BCUT2D eigenvalue weighted by Crippen LogP contribution is -2.28. The van der Waals surface area contributed by atoms with Gasteiger partial charge in [-0.3, -0.25) is 0 Å². The second-order valence-electron chi connectivity index (χ2n) is 5.74. The van der Waals surface area contributed by atoms with Gasteiger partial charge in [-0.2, -0.15) is 0 Å². The Hall–Kier alpha value is -1.26. The quantitative estimate of drug-likeness (QED) is 0.829. The molecule has 0 aromatic heterocycles. The molecular weight excluding hydrogens is 240 g/mol. The lowest BCUT2D eigenvalue weighted by atomic mass is 9.83. The molecule has 1 unspecified atom stereocenters. The highest BCUT2D eigenvalue weighted by Crippen LogP contribution is 2.35. The first-order valence-corrected chi connectivity index (χ1v) is 6.53. The molecule has 0 aliphatic heterocycles. The molecule has 0 bridgehead atoms. The normalized spacial score (nSPS) is 13.2. The summed E-state index contributed by atoms with van der Waals surface area (Å²) in [6.45, 7) is 6.91. The van der Waals surface area contributed by atoms with Crippen molar-refractivity contribution < 1.29 is 9.47 Å². The first kappa shape index (κ1) is 15.8. The standard InChI is InChI=1S/C15H26N2O2/c1-10-6-13(18-4)14(19-5)7-11(10)12(17)8-15(2,3)9-16/h6-7,12H,8-9,16-17H2,1-5H3. The van der Waals surface area contributed by atoms with Gasteiger partial charge in [-0.1, -0.05) is 13.8 Å². The Morgan fingerprint density at radius 3 is 2.16 bits per heavy atom. The van der Waals surface area contributed by atoms with E-state index in [1.54, 1.807) is 14.2 Å². The number of aryl methyl sites for hydroxylation is 1. The first-order chi connectivity index (χ1) is 8.84. The number of ether oxygens (including phenoxy) is 2. The molecule has 0 saturated carbocycles. The maximum Gasteiger partial charge on any atom is 0.161 e. The van der Waals surface area contributed by atoms with Crippen LogP contribution in [0.1, 0.15) is 37.4 Å². The van der Waals surface area contributed by atoms with Gasteiger partial charge in [0.05, 0.1) is 14.2 Å². The third kappa shape index (κ3) is 3.85. The van der Waals surface area contributed by atoms with E-state index in [0.29, 0.717) is 12.3 Å². The summed E-state index contributed by atoms with van der Waals surface area (Å²) in [5, 5.41) is 0. The minimum absolute atomic E-state index is 0.0268. The van der Waals surface area contributed by atoms with Gasteiger partial charge in [0.2, 0.25) is 0 Å². The van der Waals surface area contributed by atoms with Crippen LogP contribution in [0.25, 0.3) is 0 Å². The predicted molar refractivity (Wildman–Crippen MR) is 78.7 cm³/mol. The van der Waals surface area contributed by atoms with Gasteiger partial charge in [-0.15, -0.1) is 0 Å². The maximum absolute atomic E-state index is 6.32. The maximum atomic E-state index is 6.32. The number of nitrogens with two attached hydrogens (primary N) is 2. The molecule has 1 aromatic carbocycles. The Kier molecular flexibility index (Phi) is 5.20. The van der Waals surface area contributed by atoms with Crippen molar-refractivity contribution in [2.24, 2.45) is 16.9 Å². The van der Waals surface area contributed by atoms with Crippen molar-refractivity contribution in [3.05, 3.63) is 23.3 Å². The van der Waals surface area contributed by atoms with E-state index in [4.69, 9.17) is 20.9 Å². The number of methoxy groups -OCH3 is 2. The summed E-state index contributed by atoms with van der Waals surface area (Å²) in [4.78, 5) is 0. The molecule has 1 rings (SSSR count). The summed E-state index contributed by atoms with van der Waals surface area (Å²) < 4.78 is 10.6. The minimum Gasteiger partial charge on any atom is -0.493 e. The summed E-state index contributed by atoms with van der Waals surface area (Å²) in [5.74, 6) is 1.44. The van der Waals surface area contributed by atoms with E-state index >= 15 is 0 Å². The predicted octanol–water partition coefficient (Wildman–Crippen LogP) is 2.39. The van der Waals surface area contributed by atoms with Crippen LogP contribution in [0.2, 0.25) is 0 Å². The van der Waals surface area contributed by atoms with Crippen molar-refractivity contribution in [1.29, 1.82) is 0 Å². The third-order valence-corrected chi connectivity index (χ3v) is 3.50. The molecule has 0 heterocycles. The molecular formula is C15H26N2O2. The molecule has 0 spiro atoms. The van der Waals surface area contributed by atoms with Crippen molar-refractivity contribution in [2.75, 3.05) is 20.8 Å². The molecule has 108 valence electrons. The van der Waals surface area contributed by atoms with Gasteiger partial charge in [0.15, 0.2) is 11.5 Å². The zero-order valence-corrected chi connectivity index (χ0v) is 12.6. The molecule has 4 heteroatoms. The van der Waals surface area contributed by atoms with Crippen LogP contribution in [-0.2, 0) is 0 Å². The number of hydrogen-bond acceptors (Lipinski definition) is 4. The zero-order valence-electron chi connectivity index (χ0n) is 12.6. The van der Waals surface area contributed by atoms with Crippen LogP contribution < -0.4 is 20.9 Å². The van der Waals surface area contributed by atoms with Crippen molar-refractivity contribution in [1.82, 2.24) is 0 Å². The van der Waals surface area contributed by atoms with Gasteiger partial charge in [-0.05, 0) is 48.6 Å². The Morgan fingerprint density at radius 2 is 1.68 bits per heavy atom. The summed E-state index contributed by atoms with van der Waals surface area (Å²) in [7, 11) is 3.26. The third-order valence-electron chi connectivity index (χ3n) is 3.50. The largest absolute Gasteiger partial charge is 0.493 e. The average molecular weight is 266 g/mol. The molecule has 4 nitrogen and oxygen atoms in total. The van der Waals surface area contributed by atoms with Crippen LogP contribution in [-0.4, -0.2) is 20.8 Å². The second-order valence-corrected chi connectivity index (χ2v) is 5.74. The smallest absolute Gasteiger partial charge is 0.161 e. The molecule has 0 aliphatic rings. The lowest BCUT2D eigenvalue weighted by molar-refractivity contribution is 0.315. The van der Waals surface area contributed by atoms with Crippen molar-refractivity contribution >= 4 is 0 Å². The molecule has 0 radical (unpaired) electrons. The van der Waals surface area contributed by atoms with Crippen LogP contribution in [0.4, 0.5) is 0 Å². The second kappa shape index (κ2) is 6.26. The van der Waals surface area contributed by atoms with Gasteiger partial charge in [-0.25, -0.2) is 0 Å². The Bertz CT molecular complexity index is 430. The molecule has 1 atom stereocenters. The zero-order chi connectivity index (χ0) is 14.6. The van der Waals surface area contributed by atoms with E-state index in [1.165, 1.54) is 0 Å². The van der Waals surface area contributed by atoms with E-state index in [1.807, 2.05) is 19.1 Å². The van der Waals surface area contributed by atoms with Crippen LogP contribution in [0.15, 0.2) is 12.1 Å². The van der Waals surface area contributed by atoms with Gasteiger partial charge in [0.25, 0.3) is 0 Å². The molecule has 1 aromatic rings. The molecule has 4 N–H and O–H groups in total. The molecule has 19 heavy (non-hydrogen) atoms. The highest BCUT2D eigenvalue weighted by atomic mass is 16.5. The Balaban J connectivity index is 3.06. The van der Waals surface area contributed by atoms with Crippen LogP contribution in [0, 0.1) is 12.3 Å². The van der Waals surface area contributed by atoms with E-state index < -0.39 is 0 Å². The molecule has 0 saturated heterocycles. The summed E-state index contributed by atoms with van der Waals surface area (Å²) in [6, 6.07) is 3.87. The summed E-state index contributed by atoms with van der Waals surface area (Å²) in [6.07, 6.45) is 0.833. The first-order valence-electron chi connectivity index (χ1n) is 6.53. The van der Waals surface area contributed by atoms with Gasteiger partial charge in [0.1, 0.15) is 0 Å². The van der Waals surface area contributed by atoms with E-state index in [9.17, 15) is 0 Å². The topological polar surface area (TPSA) is 70.5 Å². The number of hydrogen-bond donors (Lipinski definition) is 2. The highest BCUT2D eigenvalue weighted by Gasteiger charge is 2.22. The molecule has 0 fully saturated rings. The Morgan fingerprint density at radius 1 is 1.16 bits per heavy atom. The van der Waals surface area contributed by atoms with Crippen LogP contribution >= 0.6 is 0 Å². The summed E-state index contributed by atoms with van der Waals surface area (Å²) in [5.41, 5.74) is 14.3. The SMILES string of the molecule is COc1cc(C)c(C(N)CC(C)(C)CN)cc1OC. The lowest BCUT2D eigenvalue weighted by Gasteiger charge is -2.27. The van der Waals surface area contributed by atoms with Crippen LogP contribution in [0.5, 0.6) is 11.5 Å². The minimum atomic E-state index is -0.0571. The van der Waals surface area contributed by atoms with Crippen molar-refractivity contribution in [3.8, 4) is 11.5 Å². The van der Waals surface area contributed by atoms with Crippen molar-refractivity contribution in [2.45, 2.75) is 33.2 Å². The van der Waals surface area contributed by atoms with Crippen LogP contribution in [0.3, 0.4) is 0 Å². The van der Waals surface area contributed by atoms with Crippen molar-refractivity contribution in [3.63, 3.8) is 0 Å².